The molecule has 0 aliphatic carbocycles. The Kier molecular flexibility index (Phi) is 6.38. The number of hydrogen-bond acceptors (Lipinski definition) is 5. The average molecular weight is 368 g/mol. The fourth-order valence-electron chi connectivity index (χ4n) is 2.88. The number of ether oxygens (including phenoxy) is 1. The Bertz CT molecular complexity index is 803. The van der Waals surface area contributed by atoms with Crippen LogP contribution in [0.1, 0.15) is 34.1 Å². The highest BCUT2D eigenvalue weighted by Gasteiger charge is 2.17. The van der Waals surface area contributed by atoms with Gasteiger partial charge in [-0.25, -0.2) is 0 Å². The molecule has 0 atom stereocenters. The van der Waals surface area contributed by atoms with E-state index >= 15 is 0 Å². The maximum atomic E-state index is 12.7. The van der Waals surface area contributed by atoms with Gasteiger partial charge in [0.1, 0.15) is 0 Å². The van der Waals surface area contributed by atoms with Crippen molar-refractivity contribution >= 4 is 23.2 Å². The molecule has 0 unspecified atom stereocenters. The van der Waals surface area contributed by atoms with Crippen molar-refractivity contribution in [2.75, 3.05) is 43.1 Å². The zero-order valence-corrected chi connectivity index (χ0v) is 15.4. The van der Waals surface area contributed by atoms with Gasteiger partial charge < -0.3 is 20.3 Å². The number of para-hydroxylation sites is 2. The molecule has 7 nitrogen and oxygen atoms in total. The molecule has 0 bridgehead atoms. The lowest BCUT2D eigenvalue weighted by molar-refractivity contribution is 0.0953. The lowest BCUT2D eigenvalue weighted by Gasteiger charge is -2.30. The first-order valence-corrected chi connectivity index (χ1v) is 9.15. The fourth-order valence-corrected chi connectivity index (χ4v) is 2.88. The smallest absolute Gasteiger partial charge is 0.257 e. The second kappa shape index (κ2) is 9.14. The highest BCUT2D eigenvalue weighted by molar-refractivity contribution is 6.07. The second-order valence-corrected chi connectivity index (χ2v) is 6.29. The van der Waals surface area contributed by atoms with Crippen molar-refractivity contribution in [3.05, 3.63) is 53.9 Å². The minimum atomic E-state index is -0.298. The van der Waals surface area contributed by atoms with Gasteiger partial charge in [-0.05, 0) is 24.6 Å². The van der Waals surface area contributed by atoms with E-state index in [1.165, 1.54) is 12.4 Å². The van der Waals surface area contributed by atoms with Crippen molar-refractivity contribution in [2.24, 2.45) is 0 Å². The fraction of sp³-hybridized carbons (Fsp3) is 0.350. The van der Waals surface area contributed by atoms with Gasteiger partial charge in [0.15, 0.2) is 0 Å². The molecule has 1 aliphatic rings. The van der Waals surface area contributed by atoms with Crippen LogP contribution in [0.15, 0.2) is 42.7 Å². The maximum Gasteiger partial charge on any atom is 0.257 e. The van der Waals surface area contributed by atoms with Gasteiger partial charge in [0.05, 0.1) is 35.7 Å². The van der Waals surface area contributed by atoms with Crippen molar-refractivity contribution in [3.8, 4) is 0 Å². The summed E-state index contributed by atoms with van der Waals surface area (Å²) >= 11 is 0. The molecule has 27 heavy (non-hydrogen) atoms. The first kappa shape index (κ1) is 18.8. The van der Waals surface area contributed by atoms with E-state index in [1.54, 1.807) is 6.07 Å². The molecule has 1 fully saturated rings. The number of nitrogens with one attached hydrogen (secondary N) is 2. The predicted octanol–water partition coefficient (Wildman–Crippen LogP) is 2.31. The van der Waals surface area contributed by atoms with Crippen molar-refractivity contribution in [2.45, 2.75) is 13.3 Å². The summed E-state index contributed by atoms with van der Waals surface area (Å²) in [6.07, 6.45) is 3.77. The van der Waals surface area contributed by atoms with E-state index in [-0.39, 0.29) is 11.8 Å². The monoisotopic (exact) mass is 368 g/mol. The van der Waals surface area contributed by atoms with Crippen molar-refractivity contribution < 1.29 is 14.3 Å². The molecule has 2 heterocycles. The molecule has 7 heteroatoms. The van der Waals surface area contributed by atoms with Gasteiger partial charge in [-0.15, -0.1) is 0 Å². The summed E-state index contributed by atoms with van der Waals surface area (Å²) in [6, 6.07) is 9.24. The number of carbonyl (C=O) groups excluding carboxylic acids is 2. The first-order valence-electron chi connectivity index (χ1n) is 9.15. The molecule has 2 aromatic rings. The van der Waals surface area contributed by atoms with Crippen LogP contribution in [0.3, 0.4) is 0 Å². The number of aromatic nitrogens is 1. The Labute approximate surface area is 158 Å². The third-order valence-corrected chi connectivity index (χ3v) is 4.30. The number of benzene rings is 1. The van der Waals surface area contributed by atoms with E-state index in [1.807, 2.05) is 31.2 Å². The maximum absolute atomic E-state index is 12.7. The Morgan fingerprint density at radius 3 is 2.56 bits per heavy atom. The first-order chi connectivity index (χ1) is 13.2. The minimum absolute atomic E-state index is 0.229. The van der Waals surface area contributed by atoms with E-state index in [2.05, 4.69) is 20.5 Å². The molecule has 1 aromatic heterocycles. The summed E-state index contributed by atoms with van der Waals surface area (Å²) in [4.78, 5) is 31.0. The van der Waals surface area contributed by atoms with Crippen LogP contribution >= 0.6 is 0 Å². The highest BCUT2D eigenvalue weighted by atomic mass is 16.5. The number of pyridine rings is 1. The largest absolute Gasteiger partial charge is 0.378 e. The molecule has 1 aromatic carbocycles. The third-order valence-electron chi connectivity index (χ3n) is 4.30. The topological polar surface area (TPSA) is 83.6 Å². The molecule has 1 saturated heterocycles. The van der Waals surface area contributed by atoms with Crippen LogP contribution in [0.5, 0.6) is 0 Å². The number of carbonyl (C=O) groups is 2. The standard InChI is InChI=1S/C20H24N4O3/c1-2-7-22-19(25)15-12-16(14-21-13-15)20(26)23-17-5-3-4-6-18(17)24-8-10-27-11-9-24/h3-6,12-14H,2,7-11H2,1H3,(H,22,25)(H,23,26). The SMILES string of the molecule is CCCNC(=O)c1cncc(C(=O)Nc2ccccc2N2CCOCC2)c1. The number of morpholine rings is 1. The van der Waals surface area contributed by atoms with Crippen LogP contribution in [0.4, 0.5) is 11.4 Å². The zero-order chi connectivity index (χ0) is 19.1. The van der Waals surface area contributed by atoms with Gasteiger partial charge in [0.2, 0.25) is 0 Å². The van der Waals surface area contributed by atoms with E-state index in [9.17, 15) is 9.59 Å². The average Bonchev–Trinajstić information content (AvgIpc) is 2.73. The number of hydrogen-bond donors (Lipinski definition) is 2. The van der Waals surface area contributed by atoms with Gasteiger partial charge in [-0.1, -0.05) is 19.1 Å². The van der Waals surface area contributed by atoms with Crippen LogP contribution < -0.4 is 15.5 Å². The van der Waals surface area contributed by atoms with Crippen LogP contribution in [0.2, 0.25) is 0 Å². The molecule has 2 amide bonds. The van der Waals surface area contributed by atoms with Crippen LogP contribution in [0, 0.1) is 0 Å². The molecular weight excluding hydrogens is 344 g/mol. The van der Waals surface area contributed by atoms with Crippen LogP contribution in [-0.4, -0.2) is 49.6 Å². The summed E-state index contributed by atoms with van der Waals surface area (Å²) in [7, 11) is 0. The van der Waals surface area contributed by atoms with Gasteiger partial charge in [0.25, 0.3) is 11.8 Å². The van der Waals surface area contributed by atoms with Crippen molar-refractivity contribution in [3.63, 3.8) is 0 Å². The van der Waals surface area contributed by atoms with E-state index < -0.39 is 0 Å². The minimum Gasteiger partial charge on any atom is -0.378 e. The molecule has 1 aliphatic heterocycles. The molecule has 0 spiro atoms. The van der Waals surface area contributed by atoms with E-state index in [4.69, 9.17) is 4.74 Å². The van der Waals surface area contributed by atoms with Gasteiger partial charge in [-0.2, -0.15) is 0 Å². The highest BCUT2D eigenvalue weighted by Crippen LogP contribution is 2.26. The number of rotatable bonds is 6. The van der Waals surface area contributed by atoms with E-state index in [0.717, 1.165) is 30.9 Å². The normalized spacial score (nSPS) is 13.9. The van der Waals surface area contributed by atoms with Gasteiger partial charge >= 0.3 is 0 Å². The zero-order valence-electron chi connectivity index (χ0n) is 15.4. The summed E-state index contributed by atoms with van der Waals surface area (Å²) in [5.74, 6) is -0.527. The van der Waals surface area contributed by atoms with Crippen molar-refractivity contribution in [1.29, 1.82) is 0 Å². The lowest BCUT2D eigenvalue weighted by Crippen LogP contribution is -2.36. The van der Waals surface area contributed by atoms with Crippen LogP contribution in [0.25, 0.3) is 0 Å². The number of nitrogens with zero attached hydrogens (tertiary/aromatic N) is 2. The molecule has 0 radical (unpaired) electrons. The quantitative estimate of drug-likeness (QED) is 0.817. The Balaban J connectivity index is 1.75. The lowest BCUT2D eigenvalue weighted by atomic mass is 10.1. The molecular formula is C20H24N4O3. The molecule has 3 rings (SSSR count). The third kappa shape index (κ3) is 4.83. The van der Waals surface area contributed by atoms with E-state index in [0.29, 0.717) is 30.9 Å². The van der Waals surface area contributed by atoms with Gasteiger partial charge in [0, 0.05) is 32.0 Å². The summed E-state index contributed by atoms with van der Waals surface area (Å²) < 4.78 is 5.40. The molecule has 0 saturated carbocycles. The number of amides is 2. The molecule has 2 N–H and O–H groups in total. The second-order valence-electron chi connectivity index (χ2n) is 6.29. The van der Waals surface area contributed by atoms with Crippen molar-refractivity contribution in [1.82, 2.24) is 10.3 Å². The van der Waals surface area contributed by atoms with Gasteiger partial charge in [-0.3, -0.25) is 14.6 Å². The molecule has 142 valence electrons. The Morgan fingerprint density at radius 2 is 1.81 bits per heavy atom. The number of anilines is 2. The summed E-state index contributed by atoms with van der Waals surface area (Å²) in [5.41, 5.74) is 2.40. The predicted molar refractivity (Wildman–Crippen MR) is 104 cm³/mol. The van der Waals surface area contributed by atoms with Crippen LogP contribution in [-0.2, 0) is 4.74 Å². The Hall–Kier alpha value is -2.93. The summed E-state index contributed by atoms with van der Waals surface area (Å²) in [5, 5.41) is 5.73. The summed E-state index contributed by atoms with van der Waals surface area (Å²) in [6.45, 7) is 5.46. The Morgan fingerprint density at radius 1 is 1.11 bits per heavy atom.